The number of benzene rings is 1. The summed E-state index contributed by atoms with van der Waals surface area (Å²) in [5, 5.41) is 6.90. The predicted molar refractivity (Wildman–Crippen MR) is 105 cm³/mol. The predicted octanol–water partition coefficient (Wildman–Crippen LogP) is 3.25. The van der Waals surface area contributed by atoms with Crippen molar-refractivity contribution in [1.29, 1.82) is 0 Å². The lowest BCUT2D eigenvalue weighted by atomic mass is 9.88. The first-order valence-corrected chi connectivity index (χ1v) is 10.7. The molecule has 0 fully saturated rings. The molecule has 8 heteroatoms. The fourth-order valence-corrected chi connectivity index (χ4v) is 4.30. The largest absolute Gasteiger partial charge is 0.361 e. The molecule has 27 heavy (non-hydrogen) atoms. The van der Waals surface area contributed by atoms with Crippen LogP contribution in [0.5, 0.6) is 0 Å². The molecule has 2 aromatic rings. The average Bonchev–Trinajstić information content (AvgIpc) is 2.95. The zero-order chi connectivity index (χ0) is 20.0. The fourth-order valence-electron chi connectivity index (χ4n) is 3.31. The van der Waals surface area contributed by atoms with Crippen LogP contribution in [0.15, 0.2) is 22.7 Å². The monoisotopic (exact) mass is 391 g/mol. The summed E-state index contributed by atoms with van der Waals surface area (Å²) in [6, 6.07) is 5.38. The van der Waals surface area contributed by atoms with Gasteiger partial charge in [0.2, 0.25) is 10.0 Å². The highest BCUT2D eigenvalue weighted by molar-refractivity contribution is 7.92. The maximum atomic E-state index is 12.9. The number of sulfonamides is 1. The van der Waals surface area contributed by atoms with Gasteiger partial charge in [-0.25, -0.2) is 8.42 Å². The van der Waals surface area contributed by atoms with Crippen LogP contribution >= 0.6 is 0 Å². The number of fused-ring (bicyclic) bond motifs is 1. The van der Waals surface area contributed by atoms with E-state index < -0.39 is 10.0 Å². The van der Waals surface area contributed by atoms with Crippen LogP contribution in [-0.4, -0.2) is 32.3 Å². The summed E-state index contributed by atoms with van der Waals surface area (Å²) in [6.07, 6.45) is 2.79. The summed E-state index contributed by atoms with van der Waals surface area (Å²) >= 11 is 0. The minimum Gasteiger partial charge on any atom is -0.361 e. The molecule has 0 aliphatic carbocycles. The maximum absolute atomic E-state index is 12.9. The first kappa shape index (κ1) is 19.4. The minimum atomic E-state index is -3.36. The van der Waals surface area contributed by atoms with Crippen molar-refractivity contribution in [2.24, 2.45) is 0 Å². The average molecular weight is 391 g/mol. The summed E-state index contributed by atoms with van der Waals surface area (Å²) in [4.78, 5) is 12.9. The molecule has 1 aliphatic heterocycles. The molecule has 0 bridgehead atoms. The van der Waals surface area contributed by atoms with Gasteiger partial charge in [-0.15, -0.1) is 0 Å². The van der Waals surface area contributed by atoms with Gasteiger partial charge in [-0.2, -0.15) is 0 Å². The van der Waals surface area contributed by atoms with E-state index >= 15 is 0 Å². The molecule has 1 aromatic heterocycles. The van der Waals surface area contributed by atoms with Gasteiger partial charge < -0.3 is 9.84 Å². The van der Waals surface area contributed by atoms with E-state index in [4.69, 9.17) is 4.52 Å². The van der Waals surface area contributed by atoms with Crippen LogP contribution in [0, 0.1) is 6.92 Å². The Kier molecular flexibility index (Phi) is 4.80. The number of carbonyl (C=O) groups excluding carboxylic acids is 1. The molecule has 0 saturated carbocycles. The highest BCUT2D eigenvalue weighted by Crippen LogP contribution is 2.32. The number of rotatable bonds is 3. The van der Waals surface area contributed by atoms with E-state index in [9.17, 15) is 13.2 Å². The summed E-state index contributed by atoms with van der Waals surface area (Å²) in [5.41, 5.74) is 2.79. The molecule has 2 heterocycles. The van der Waals surface area contributed by atoms with Gasteiger partial charge in [-0.1, -0.05) is 32.0 Å². The topological polar surface area (TPSA) is 92.5 Å². The summed E-state index contributed by atoms with van der Waals surface area (Å²) in [7, 11) is -3.36. The van der Waals surface area contributed by atoms with Gasteiger partial charge in [0.05, 0.1) is 11.9 Å². The fraction of sp³-hybridized carbons (Fsp3) is 0.474. The van der Waals surface area contributed by atoms with Crippen molar-refractivity contribution in [2.45, 2.75) is 46.0 Å². The molecule has 0 radical (unpaired) electrons. The molecule has 0 spiro atoms. The van der Waals surface area contributed by atoms with Crippen molar-refractivity contribution >= 4 is 27.3 Å². The third kappa shape index (κ3) is 3.85. The van der Waals surface area contributed by atoms with Crippen molar-refractivity contribution < 1.29 is 17.7 Å². The van der Waals surface area contributed by atoms with E-state index in [0.717, 1.165) is 18.4 Å². The molecule has 7 nitrogen and oxygen atoms in total. The lowest BCUT2D eigenvalue weighted by Crippen LogP contribution is -2.34. The van der Waals surface area contributed by atoms with E-state index in [1.165, 1.54) is 10.6 Å². The zero-order valence-electron chi connectivity index (χ0n) is 16.3. The van der Waals surface area contributed by atoms with Gasteiger partial charge in [-0.3, -0.25) is 9.10 Å². The number of aromatic nitrogens is 1. The van der Waals surface area contributed by atoms with Crippen molar-refractivity contribution in [3.05, 3.63) is 40.8 Å². The quantitative estimate of drug-likeness (QED) is 0.867. The van der Waals surface area contributed by atoms with Crippen LogP contribution in [0.2, 0.25) is 0 Å². The molecule has 0 unspecified atom stereocenters. The molecule has 1 aromatic carbocycles. The van der Waals surface area contributed by atoms with Crippen molar-refractivity contribution in [3.63, 3.8) is 0 Å². The van der Waals surface area contributed by atoms with Crippen LogP contribution in [0.1, 0.15) is 54.6 Å². The van der Waals surface area contributed by atoms with E-state index in [-0.39, 0.29) is 11.3 Å². The Morgan fingerprint density at radius 1 is 1.30 bits per heavy atom. The van der Waals surface area contributed by atoms with Gasteiger partial charge in [0.1, 0.15) is 17.0 Å². The van der Waals surface area contributed by atoms with Crippen LogP contribution in [0.4, 0.5) is 11.4 Å². The first-order chi connectivity index (χ1) is 12.5. The van der Waals surface area contributed by atoms with Crippen molar-refractivity contribution in [3.8, 4) is 0 Å². The van der Waals surface area contributed by atoms with Crippen LogP contribution < -0.4 is 9.62 Å². The van der Waals surface area contributed by atoms with Crippen LogP contribution in [0.3, 0.4) is 0 Å². The van der Waals surface area contributed by atoms with E-state index in [2.05, 4.69) is 10.5 Å². The molecule has 146 valence electrons. The third-order valence-corrected chi connectivity index (χ3v) is 5.80. The summed E-state index contributed by atoms with van der Waals surface area (Å²) in [5.74, 6) is 0.133. The van der Waals surface area contributed by atoms with E-state index in [1.807, 2.05) is 26.8 Å². The number of nitrogens with zero attached hydrogens (tertiary/aromatic N) is 2. The lowest BCUT2D eigenvalue weighted by molar-refractivity contribution is 0.102. The van der Waals surface area contributed by atoms with Gasteiger partial charge >= 0.3 is 0 Å². The normalized spacial score (nSPS) is 14.8. The molecule has 1 amide bonds. The molecule has 1 aliphatic rings. The molecule has 1 N–H and O–H groups in total. The third-order valence-electron chi connectivity index (χ3n) is 4.62. The Labute approximate surface area is 159 Å². The second-order valence-electron chi connectivity index (χ2n) is 7.95. The Balaban J connectivity index is 1.94. The molecule has 0 saturated heterocycles. The number of carbonyl (C=O) groups is 1. The Morgan fingerprint density at radius 3 is 2.63 bits per heavy atom. The van der Waals surface area contributed by atoms with Gasteiger partial charge in [0, 0.05) is 17.6 Å². The summed E-state index contributed by atoms with van der Waals surface area (Å²) in [6.45, 7) is 8.04. The lowest BCUT2D eigenvalue weighted by Gasteiger charge is -2.29. The highest BCUT2D eigenvalue weighted by atomic mass is 32.2. The second-order valence-corrected chi connectivity index (χ2v) is 9.86. The Hall–Kier alpha value is -2.35. The first-order valence-electron chi connectivity index (χ1n) is 8.87. The Morgan fingerprint density at radius 2 is 2.00 bits per heavy atom. The summed E-state index contributed by atoms with van der Waals surface area (Å²) < 4.78 is 30.8. The number of hydrogen-bond donors (Lipinski definition) is 1. The van der Waals surface area contributed by atoms with Gasteiger partial charge in [0.15, 0.2) is 0 Å². The number of amides is 1. The Bertz CT molecular complexity index is 987. The van der Waals surface area contributed by atoms with E-state index in [1.54, 1.807) is 19.1 Å². The van der Waals surface area contributed by atoms with Crippen molar-refractivity contribution in [2.75, 3.05) is 22.4 Å². The molecular formula is C19H25N3O4S. The molecule has 0 atom stereocenters. The van der Waals surface area contributed by atoms with Gasteiger partial charge in [-0.05, 0) is 37.5 Å². The molecule has 3 rings (SSSR count). The highest BCUT2D eigenvalue weighted by Gasteiger charge is 2.29. The minimum absolute atomic E-state index is 0.319. The number of aryl methyl sites for hydroxylation is 2. The standard InChI is InChI=1S/C19H25N3O4S/c1-12-16(17(21-26-12)19(2,3)4)18(23)20-14-9-8-13-7-6-10-22(15(13)11-14)27(5,24)25/h8-9,11H,6-7,10H2,1-5H3,(H,20,23). The zero-order valence-corrected chi connectivity index (χ0v) is 17.1. The van der Waals surface area contributed by atoms with Gasteiger partial charge in [0.25, 0.3) is 5.91 Å². The number of nitrogens with one attached hydrogen (secondary N) is 1. The number of hydrogen-bond acceptors (Lipinski definition) is 5. The molecular weight excluding hydrogens is 366 g/mol. The van der Waals surface area contributed by atoms with Crippen molar-refractivity contribution in [1.82, 2.24) is 5.16 Å². The maximum Gasteiger partial charge on any atom is 0.261 e. The second kappa shape index (κ2) is 6.67. The van der Waals surface area contributed by atoms with E-state index in [0.29, 0.717) is 34.9 Å². The smallest absolute Gasteiger partial charge is 0.261 e. The van der Waals surface area contributed by atoms with Crippen LogP contribution in [-0.2, 0) is 21.9 Å². The van der Waals surface area contributed by atoms with Crippen LogP contribution in [0.25, 0.3) is 0 Å². The SMILES string of the molecule is Cc1onc(C(C)(C)C)c1C(=O)Nc1ccc2c(c1)N(S(C)(=O)=O)CCC2. The number of anilines is 2.